The highest BCUT2D eigenvalue weighted by Crippen LogP contribution is 2.30. The van der Waals surface area contributed by atoms with Crippen molar-refractivity contribution in [2.24, 2.45) is 0 Å². The Morgan fingerprint density at radius 2 is 2.12 bits per heavy atom. The van der Waals surface area contributed by atoms with Gasteiger partial charge in [0, 0.05) is 23.8 Å². The molecule has 1 aromatic rings. The molecule has 6 heteroatoms. The smallest absolute Gasteiger partial charge is 0.332 e. The van der Waals surface area contributed by atoms with Gasteiger partial charge in [-0.1, -0.05) is 12.1 Å². The minimum absolute atomic E-state index is 0.227. The summed E-state index contributed by atoms with van der Waals surface area (Å²) in [6.07, 6.45) is 2.80. The molecule has 130 valence electrons. The Hall–Kier alpha value is -1.53. The molecule has 2 aliphatic rings. The van der Waals surface area contributed by atoms with Crippen LogP contribution in [0, 0.1) is 0 Å². The predicted molar refractivity (Wildman–Crippen MR) is 93.4 cm³/mol. The van der Waals surface area contributed by atoms with E-state index in [1.54, 1.807) is 11.8 Å². The molecule has 0 bridgehead atoms. The molecule has 2 unspecified atom stereocenters. The molecule has 0 saturated carbocycles. The molecule has 2 atom stereocenters. The molecule has 2 aliphatic heterocycles. The van der Waals surface area contributed by atoms with Gasteiger partial charge in [-0.25, -0.2) is 4.79 Å². The molecule has 0 spiro atoms. The van der Waals surface area contributed by atoms with Gasteiger partial charge in [-0.15, -0.1) is 0 Å². The average molecular weight is 349 g/mol. The van der Waals surface area contributed by atoms with Crippen LogP contribution in [0.25, 0.3) is 0 Å². The number of carbonyl (C=O) groups is 2. The van der Waals surface area contributed by atoms with Crippen LogP contribution in [0.15, 0.2) is 24.3 Å². The predicted octanol–water partition coefficient (Wildman–Crippen LogP) is 2.36. The standard InChI is InChI=1S/C18H23NO4S/c1-22-17(21)18(8-10-24-12-18)19-16(20)14-6-4-13(5-7-14)15-3-2-9-23-11-15/h4-7,15H,2-3,8-12H2,1H3,(H,19,20). The summed E-state index contributed by atoms with van der Waals surface area (Å²) in [6.45, 7) is 1.58. The normalized spacial score (nSPS) is 26.8. The first-order valence-electron chi connectivity index (χ1n) is 8.31. The lowest BCUT2D eigenvalue weighted by Crippen LogP contribution is -2.55. The number of thioether (sulfide) groups is 1. The Bertz CT molecular complexity index is 590. The molecular formula is C18H23NO4S. The van der Waals surface area contributed by atoms with E-state index < -0.39 is 5.54 Å². The summed E-state index contributed by atoms with van der Waals surface area (Å²) in [5.74, 6) is 1.22. The number of hydrogen-bond acceptors (Lipinski definition) is 5. The average Bonchev–Trinajstić information content (AvgIpc) is 3.11. The summed E-state index contributed by atoms with van der Waals surface area (Å²) < 4.78 is 10.4. The van der Waals surface area contributed by atoms with Crippen molar-refractivity contribution in [3.05, 3.63) is 35.4 Å². The molecule has 0 aromatic heterocycles. The van der Waals surface area contributed by atoms with E-state index >= 15 is 0 Å². The molecule has 0 radical (unpaired) electrons. The third kappa shape index (κ3) is 3.59. The molecule has 24 heavy (non-hydrogen) atoms. The quantitative estimate of drug-likeness (QED) is 0.846. The Balaban J connectivity index is 1.69. The van der Waals surface area contributed by atoms with E-state index in [0.29, 0.717) is 23.7 Å². The van der Waals surface area contributed by atoms with E-state index in [1.807, 2.05) is 24.3 Å². The van der Waals surface area contributed by atoms with Crippen molar-refractivity contribution in [2.45, 2.75) is 30.7 Å². The molecule has 1 aromatic carbocycles. The lowest BCUT2D eigenvalue weighted by molar-refractivity contribution is -0.147. The summed E-state index contributed by atoms with van der Waals surface area (Å²) in [6, 6.07) is 7.63. The zero-order valence-electron chi connectivity index (χ0n) is 13.9. The Morgan fingerprint density at radius 3 is 2.71 bits per heavy atom. The molecule has 2 fully saturated rings. The first kappa shape index (κ1) is 17.3. The highest BCUT2D eigenvalue weighted by Gasteiger charge is 2.44. The SMILES string of the molecule is COC(=O)C1(NC(=O)c2ccc(C3CCCOC3)cc2)CCSC1. The van der Waals surface area contributed by atoms with Crippen LogP contribution in [0.4, 0.5) is 0 Å². The van der Waals surface area contributed by atoms with Gasteiger partial charge in [0.15, 0.2) is 0 Å². The van der Waals surface area contributed by atoms with Crippen LogP contribution in [0.2, 0.25) is 0 Å². The first-order valence-corrected chi connectivity index (χ1v) is 9.46. The number of ether oxygens (including phenoxy) is 2. The van der Waals surface area contributed by atoms with Crippen LogP contribution in [0.1, 0.15) is 41.1 Å². The molecule has 2 heterocycles. The summed E-state index contributed by atoms with van der Waals surface area (Å²) in [5.41, 5.74) is 0.868. The maximum Gasteiger partial charge on any atom is 0.332 e. The summed E-state index contributed by atoms with van der Waals surface area (Å²) in [5, 5.41) is 2.90. The molecule has 2 saturated heterocycles. The number of nitrogens with one attached hydrogen (secondary N) is 1. The van der Waals surface area contributed by atoms with Crippen LogP contribution >= 0.6 is 11.8 Å². The van der Waals surface area contributed by atoms with Gasteiger partial charge in [0.2, 0.25) is 0 Å². The highest BCUT2D eigenvalue weighted by atomic mass is 32.2. The number of benzene rings is 1. The van der Waals surface area contributed by atoms with Gasteiger partial charge in [0.1, 0.15) is 5.54 Å². The second-order valence-electron chi connectivity index (χ2n) is 6.37. The Kier molecular flexibility index (Phi) is 5.46. The Labute approximate surface area is 146 Å². The number of esters is 1. The van der Waals surface area contributed by atoms with E-state index in [-0.39, 0.29) is 11.9 Å². The molecule has 0 aliphatic carbocycles. The topological polar surface area (TPSA) is 64.6 Å². The van der Waals surface area contributed by atoms with Gasteiger partial charge in [-0.3, -0.25) is 4.79 Å². The van der Waals surface area contributed by atoms with Crippen LogP contribution < -0.4 is 5.32 Å². The van der Waals surface area contributed by atoms with Gasteiger partial charge in [-0.2, -0.15) is 11.8 Å². The zero-order chi connectivity index (χ0) is 17.0. The van der Waals surface area contributed by atoms with Crippen LogP contribution in [-0.2, 0) is 14.3 Å². The van der Waals surface area contributed by atoms with Crippen molar-refractivity contribution in [3.63, 3.8) is 0 Å². The lowest BCUT2D eigenvalue weighted by atomic mass is 9.92. The maximum atomic E-state index is 12.6. The Morgan fingerprint density at radius 1 is 1.33 bits per heavy atom. The second-order valence-corrected chi connectivity index (χ2v) is 7.47. The summed E-state index contributed by atoms with van der Waals surface area (Å²) >= 11 is 1.65. The zero-order valence-corrected chi connectivity index (χ0v) is 14.7. The van der Waals surface area contributed by atoms with E-state index in [2.05, 4.69) is 5.32 Å². The van der Waals surface area contributed by atoms with E-state index in [1.165, 1.54) is 12.7 Å². The van der Waals surface area contributed by atoms with Crippen LogP contribution in [0.5, 0.6) is 0 Å². The summed E-state index contributed by atoms with van der Waals surface area (Å²) in [7, 11) is 1.36. The fourth-order valence-corrected chi connectivity index (χ4v) is 4.59. The molecular weight excluding hydrogens is 326 g/mol. The highest BCUT2D eigenvalue weighted by molar-refractivity contribution is 7.99. The number of carbonyl (C=O) groups excluding carboxylic acids is 2. The van der Waals surface area contributed by atoms with Crippen LogP contribution in [-0.4, -0.2) is 49.2 Å². The largest absolute Gasteiger partial charge is 0.467 e. The van der Waals surface area contributed by atoms with Gasteiger partial charge in [0.05, 0.1) is 13.7 Å². The van der Waals surface area contributed by atoms with Crippen molar-refractivity contribution >= 4 is 23.6 Å². The van der Waals surface area contributed by atoms with Gasteiger partial charge in [0.25, 0.3) is 5.91 Å². The number of hydrogen-bond donors (Lipinski definition) is 1. The fourth-order valence-electron chi connectivity index (χ4n) is 3.27. The van der Waals surface area contributed by atoms with Gasteiger partial charge in [-0.05, 0) is 42.7 Å². The van der Waals surface area contributed by atoms with E-state index in [9.17, 15) is 9.59 Å². The number of amides is 1. The third-order valence-corrected chi connectivity index (χ3v) is 5.94. The summed E-state index contributed by atoms with van der Waals surface area (Å²) in [4.78, 5) is 24.7. The lowest BCUT2D eigenvalue weighted by Gasteiger charge is -2.26. The van der Waals surface area contributed by atoms with Crippen molar-refractivity contribution < 1.29 is 19.1 Å². The van der Waals surface area contributed by atoms with Gasteiger partial charge >= 0.3 is 5.97 Å². The minimum Gasteiger partial charge on any atom is -0.467 e. The van der Waals surface area contributed by atoms with Crippen molar-refractivity contribution in [1.82, 2.24) is 5.32 Å². The monoisotopic (exact) mass is 349 g/mol. The fraction of sp³-hybridized carbons (Fsp3) is 0.556. The van der Waals surface area contributed by atoms with E-state index in [0.717, 1.165) is 31.8 Å². The first-order chi connectivity index (χ1) is 11.6. The van der Waals surface area contributed by atoms with Gasteiger partial charge < -0.3 is 14.8 Å². The van der Waals surface area contributed by atoms with Crippen LogP contribution in [0.3, 0.4) is 0 Å². The van der Waals surface area contributed by atoms with Crippen molar-refractivity contribution in [3.8, 4) is 0 Å². The maximum absolute atomic E-state index is 12.6. The molecule has 1 amide bonds. The van der Waals surface area contributed by atoms with Crippen molar-refractivity contribution in [1.29, 1.82) is 0 Å². The number of methoxy groups -OCH3 is 1. The number of rotatable bonds is 4. The molecule has 1 N–H and O–H groups in total. The third-order valence-electron chi connectivity index (χ3n) is 4.76. The molecule has 3 rings (SSSR count). The second kappa shape index (κ2) is 7.57. The van der Waals surface area contributed by atoms with E-state index in [4.69, 9.17) is 9.47 Å². The van der Waals surface area contributed by atoms with Crippen molar-refractivity contribution in [2.75, 3.05) is 31.8 Å². The minimum atomic E-state index is -0.896. The molecule has 5 nitrogen and oxygen atoms in total.